The number of rotatable bonds is 11. The summed E-state index contributed by atoms with van der Waals surface area (Å²) in [4.78, 5) is 26.0. The predicted molar refractivity (Wildman–Crippen MR) is 129 cm³/mol. The molecule has 0 saturated heterocycles. The lowest BCUT2D eigenvalue weighted by atomic mass is 9.94. The van der Waals surface area contributed by atoms with Crippen LogP contribution >= 0.6 is 0 Å². The van der Waals surface area contributed by atoms with E-state index in [1.807, 2.05) is 24.3 Å². The number of hydrogen-bond acceptors (Lipinski definition) is 5. The van der Waals surface area contributed by atoms with Crippen molar-refractivity contribution in [2.24, 2.45) is 10.9 Å². The molecule has 170 valence electrons. The fourth-order valence-electron chi connectivity index (χ4n) is 3.08. The van der Waals surface area contributed by atoms with Gasteiger partial charge in [0.15, 0.2) is 12.0 Å². The molecule has 2 aromatic carbocycles. The van der Waals surface area contributed by atoms with Gasteiger partial charge in [-0.15, -0.1) is 6.58 Å². The summed E-state index contributed by atoms with van der Waals surface area (Å²) < 4.78 is 0. The Balaban J connectivity index is 2.18. The highest BCUT2D eigenvalue weighted by atomic mass is 16.4. The average Bonchev–Trinajstić information content (AvgIpc) is 2.83. The van der Waals surface area contributed by atoms with Gasteiger partial charge in [0, 0.05) is 37.2 Å². The van der Waals surface area contributed by atoms with Crippen molar-refractivity contribution in [2.75, 3.05) is 20.1 Å². The summed E-state index contributed by atoms with van der Waals surface area (Å²) in [5, 5.41) is 25.2. The Morgan fingerprint density at radius 1 is 1.09 bits per heavy atom. The van der Waals surface area contributed by atoms with Gasteiger partial charge in [-0.2, -0.15) is 0 Å². The lowest BCUT2D eigenvalue weighted by Crippen LogP contribution is -2.32. The van der Waals surface area contributed by atoms with E-state index >= 15 is 0 Å². The molecular weight excluding hydrogens is 418 g/mol. The molecule has 1 unspecified atom stereocenters. The van der Waals surface area contributed by atoms with E-state index in [0.29, 0.717) is 31.5 Å². The highest BCUT2D eigenvalue weighted by Crippen LogP contribution is 2.18. The van der Waals surface area contributed by atoms with Crippen LogP contribution in [0.4, 0.5) is 0 Å². The third-order valence-electron chi connectivity index (χ3n) is 4.74. The van der Waals surface area contributed by atoms with Crippen molar-refractivity contribution in [3.63, 3.8) is 0 Å². The number of carbonyl (C=O) groups excluding carboxylic acids is 1. The molecule has 1 atom stereocenters. The molecule has 0 aromatic heterocycles. The molecule has 0 saturated carbocycles. The molecule has 0 aliphatic heterocycles. The number of carboxylic acid groups (broad SMARTS) is 1. The minimum atomic E-state index is -0.972. The lowest BCUT2D eigenvalue weighted by molar-refractivity contribution is -0.107. The Labute approximate surface area is 193 Å². The van der Waals surface area contributed by atoms with Gasteiger partial charge in [-0.3, -0.25) is 9.79 Å². The topological polar surface area (TPSA) is 111 Å². The van der Waals surface area contributed by atoms with E-state index in [2.05, 4.69) is 34.0 Å². The van der Waals surface area contributed by atoms with Gasteiger partial charge in [-0.1, -0.05) is 30.0 Å². The van der Waals surface area contributed by atoms with Crippen LogP contribution in [0.1, 0.15) is 27.0 Å². The van der Waals surface area contributed by atoms with E-state index in [-0.39, 0.29) is 17.2 Å². The molecule has 2 aromatic rings. The smallest absolute Gasteiger partial charge is 0.335 e. The monoisotopic (exact) mass is 445 g/mol. The zero-order chi connectivity index (χ0) is 24.1. The van der Waals surface area contributed by atoms with Gasteiger partial charge in [0.1, 0.15) is 0 Å². The van der Waals surface area contributed by atoms with Crippen molar-refractivity contribution in [1.82, 2.24) is 10.6 Å². The van der Waals surface area contributed by atoms with Crippen LogP contribution in [0, 0.1) is 17.8 Å². The number of aromatic carboxylic acids is 1. The number of benzene rings is 2. The van der Waals surface area contributed by atoms with Gasteiger partial charge in [-0.05, 0) is 48.4 Å². The molecule has 0 spiro atoms. The Morgan fingerprint density at radius 3 is 2.21 bits per heavy atom. The number of nitrogens with one attached hydrogen (secondary N) is 2. The van der Waals surface area contributed by atoms with E-state index in [1.54, 1.807) is 25.3 Å². The first kappa shape index (κ1) is 25.1. The van der Waals surface area contributed by atoms with Crippen LogP contribution in [-0.4, -0.2) is 48.9 Å². The molecule has 7 nitrogen and oxygen atoms in total. The standard InChI is InChI=1S/C26H27N3O4/c1-3-14-28-16-23(25(24(31)17-30)29-18-27-2)15-21-8-6-19(7-9-21)4-5-20-10-12-22(13-11-20)26(32)33/h3,6-13,17-18,23,28,31H,1,14-16H2,2H3,(H,27,29)(H,32,33)/b25-24+. The minimum Gasteiger partial charge on any atom is -0.503 e. The molecule has 0 bridgehead atoms. The number of carbonyl (C=O) groups is 2. The molecule has 0 heterocycles. The van der Waals surface area contributed by atoms with E-state index in [4.69, 9.17) is 5.11 Å². The summed E-state index contributed by atoms with van der Waals surface area (Å²) in [7, 11) is 1.59. The maximum Gasteiger partial charge on any atom is 0.335 e. The molecule has 0 radical (unpaired) electrons. The molecule has 0 aliphatic rings. The molecule has 0 fully saturated rings. The van der Waals surface area contributed by atoms with Crippen LogP contribution in [0.5, 0.6) is 0 Å². The summed E-state index contributed by atoms with van der Waals surface area (Å²) in [6, 6.07) is 14.1. The first-order valence-corrected chi connectivity index (χ1v) is 10.3. The van der Waals surface area contributed by atoms with Gasteiger partial charge in [-0.25, -0.2) is 4.79 Å². The van der Waals surface area contributed by atoms with E-state index < -0.39 is 5.97 Å². The summed E-state index contributed by atoms with van der Waals surface area (Å²) in [6.07, 6.45) is 4.14. The van der Waals surface area contributed by atoms with Crippen LogP contribution in [-0.2, 0) is 11.2 Å². The number of nitrogens with zero attached hydrogens (tertiary/aromatic N) is 1. The SMILES string of the molecule is C=CCNCC(Cc1ccc(C#Cc2ccc(C(=O)O)cc2)cc1)/C(NC=NC)=C(\O)C=O. The summed E-state index contributed by atoms with van der Waals surface area (Å²) in [5.74, 6) is 4.54. The molecule has 33 heavy (non-hydrogen) atoms. The van der Waals surface area contributed by atoms with Crippen molar-refractivity contribution in [1.29, 1.82) is 0 Å². The molecule has 0 aliphatic carbocycles. The average molecular weight is 446 g/mol. The van der Waals surface area contributed by atoms with Crippen molar-refractivity contribution in [3.05, 3.63) is 94.9 Å². The second kappa shape index (κ2) is 13.3. The predicted octanol–water partition coefficient (Wildman–Crippen LogP) is 2.94. The van der Waals surface area contributed by atoms with Crippen LogP contribution in [0.15, 0.2) is 77.6 Å². The molecule has 4 N–H and O–H groups in total. The highest BCUT2D eigenvalue weighted by molar-refractivity contribution is 5.87. The number of aliphatic hydroxyl groups excluding tert-OH is 1. The number of aliphatic imine (C=N–C) groups is 1. The number of aldehydes is 1. The van der Waals surface area contributed by atoms with Crippen LogP contribution in [0.3, 0.4) is 0 Å². The second-order valence-corrected chi connectivity index (χ2v) is 7.13. The van der Waals surface area contributed by atoms with E-state index in [9.17, 15) is 14.7 Å². The number of allylic oxidation sites excluding steroid dienone is 1. The quantitative estimate of drug-likeness (QED) is 0.0619. The summed E-state index contributed by atoms with van der Waals surface area (Å²) in [6.45, 7) is 4.80. The number of carboxylic acids is 1. The van der Waals surface area contributed by atoms with Crippen molar-refractivity contribution >= 4 is 18.6 Å². The third kappa shape index (κ3) is 8.13. The van der Waals surface area contributed by atoms with Crippen molar-refractivity contribution < 1.29 is 19.8 Å². The Bertz CT molecular complexity index is 1080. The van der Waals surface area contributed by atoms with Gasteiger partial charge < -0.3 is 20.8 Å². The first-order valence-electron chi connectivity index (χ1n) is 10.3. The van der Waals surface area contributed by atoms with Crippen molar-refractivity contribution in [3.8, 4) is 11.8 Å². The minimum absolute atomic E-state index is 0.210. The summed E-state index contributed by atoms with van der Waals surface area (Å²) in [5.41, 5.74) is 3.14. The zero-order valence-corrected chi connectivity index (χ0v) is 18.4. The third-order valence-corrected chi connectivity index (χ3v) is 4.74. The van der Waals surface area contributed by atoms with E-state index in [0.717, 1.165) is 16.7 Å². The largest absolute Gasteiger partial charge is 0.503 e. The van der Waals surface area contributed by atoms with Crippen LogP contribution in [0.25, 0.3) is 0 Å². The van der Waals surface area contributed by atoms with Crippen molar-refractivity contribution in [2.45, 2.75) is 6.42 Å². The normalized spacial score (nSPS) is 12.3. The second-order valence-electron chi connectivity index (χ2n) is 7.13. The van der Waals surface area contributed by atoms with Crippen LogP contribution < -0.4 is 10.6 Å². The Kier molecular flexibility index (Phi) is 10.1. The molecule has 7 heteroatoms. The van der Waals surface area contributed by atoms with Crippen LogP contribution in [0.2, 0.25) is 0 Å². The van der Waals surface area contributed by atoms with Gasteiger partial charge in [0.05, 0.1) is 17.6 Å². The fraction of sp³-hybridized carbons (Fsp3) is 0.192. The summed E-state index contributed by atoms with van der Waals surface area (Å²) >= 11 is 0. The first-order chi connectivity index (χ1) is 16.0. The number of aliphatic hydroxyl groups is 1. The van der Waals surface area contributed by atoms with Gasteiger partial charge >= 0.3 is 5.97 Å². The lowest BCUT2D eigenvalue weighted by Gasteiger charge is -2.21. The Hall–Kier alpha value is -4.15. The fourth-order valence-corrected chi connectivity index (χ4v) is 3.08. The maximum atomic E-state index is 11.2. The Morgan fingerprint density at radius 2 is 1.70 bits per heavy atom. The van der Waals surface area contributed by atoms with E-state index in [1.165, 1.54) is 18.5 Å². The molecular formula is C26H27N3O4. The molecule has 0 amide bonds. The highest BCUT2D eigenvalue weighted by Gasteiger charge is 2.19. The maximum absolute atomic E-state index is 11.2. The van der Waals surface area contributed by atoms with Gasteiger partial charge in [0.2, 0.25) is 0 Å². The number of hydrogen-bond donors (Lipinski definition) is 4. The van der Waals surface area contributed by atoms with Gasteiger partial charge in [0.25, 0.3) is 0 Å². The molecule has 2 rings (SSSR count). The zero-order valence-electron chi connectivity index (χ0n) is 18.4.